The second-order valence-electron chi connectivity index (χ2n) is 7.61. The summed E-state index contributed by atoms with van der Waals surface area (Å²) >= 11 is 1.38. The second-order valence-corrected chi connectivity index (χ2v) is 8.92. The van der Waals surface area contributed by atoms with Crippen LogP contribution in [0.5, 0.6) is 0 Å². The van der Waals surface area contributed by atoms with Crippen LogP contribution in [0.2, 0.25) is 0 Å². The van der Waals surface area contributed by atoms with Crippen molar-refractivity contribution in [3.8, 4) is 0 Å². The molecule has 0 bridgehead atoms. The predicted molar refractivity (Wildman–Crippen MR) is 117 cm³/mol. The molecule has 1 saturated carbocycles. The minimum Gasteiger partial charge on any atom is -0.358 e. The number of carbonyl (C=O) groups is 1. The second kappa shape index (κ2) is 6.88. The Balaban J connectivity index is 1.55. The van der Waals surface area contributed by atoms with Crippen LogP contribution in [0.15, 0.2) is 58.5 Å². The fraction of sp³-hybridized carbons (Fsp3) is 0.261. The molecule has 0 saturated heterocycles. The number of hydrogen-bond donors (Lipinski definition) is 1. The van der Waals surface area contributed by atoms with Gasteiger partial charge < -0.3 is 4.98 Å². The lowest BCUT2D eigenvalue weighted by atomic mass is 10.1. The van der Waals surface area contributed by atoms with E-state index in [0.29, 0.717) is 16.1 Å². The zero-order valence-electron chi connectivity index (χ0n) is 16.3. The molecule has 1 aliphatic carbocycles. The third kappa shape index (κ3) is 3.08. The van der Waals surface area contributed by atoms with Gasteiger partial charge in [0.2, 0.25) is 0 Å². The van der Waals surface area contributed by atoms with Crippen molar-refractivity contribution in [2.75, 3.05) is 0 Å². The Hall–Kier alpha value is -2.86. The first-order valence-electron chi connectivity index (χ1n) is 9.84. The van der Waals surface area contributed by atoms with Crippen molar-refractivity contribution in [3.05, 3.63) is 70.1 Å². The van der Waals surface area contributed by atoms with Gasteiger partial charge in [-0.15, -0.1) is 0 Å². The summed E-state index contributed by atoms with van der Waals surface area (Å²) in [6.45, 7) is 3.83. The molecule has 1 N–H and O–H groups in total. The van der Waals surface area contributed by atoms with E-state index in [-0.39, 0.29) is 22.6 Å². The third-order valence-corrected chi connectivity index (χ3v) is 6.55. The van der Waals surface area contributed by atoms with Crippen molar-refractivity contribution in [2.24, 2.45) is 0 Å². The standard InChI is InChI=1S/C23H21N3O2S/c1-13-20(16-7-3-5-9-18(16)24-13)21(27)14(2)29-23-25-19-10-6-4-8-17(19)22(28)26(23)15-11-12-15/h3-10,14-15,24H,11-12H2,1-2H3/t14-/m0/s1. The Morgan fingerprint density at radius 2 is 1.83 bits per heavy atom. The zero-order chi connectivity index (χ0) is 20.1. The Kier molecular flexibility index (Phi) is 4.32. The van der Waals surface area contributed by atoms with Crippen LogP contribution >= 0.6 is 11.8 Å². The van der Waals surface area contributed by atoms with Gasteiger partial charge in [0.05, 0.1) is 16.2 Å². The predicted octanol–water partition coefficient (Wildman–Crippen LogP) is 4.88. The molecule has 146 valence electrons. The smallest absolute Gasteiger partial charge is 0.262 e. The topological polar surface area (TPSA) is 67.8 Å². The van der Waals surface area contributed by atoms with Crippen molar-refractivity contribution in [2.45, 2.75) is 43.1 Å². The number of aryl methyl sites for hydroxylation is 1. The number of nitrogens with zero attached hydrogens (tertiary/aromatic N) is 2. The summed E-state index contributed by atoms with van der Waals surface area (Å²) < 4.78 is 1.79. The first kappa shape index (κ1) is 18.2. The van der Waals surface area contributed by atoms with Crippen molar-refractivity contribution in [3.63, 3.8) is 0 Å². The number of aromatic nitrogens is 3. The number of hydrogen-bond acceptors (Lipinski definition) is 4. The molecular formula is C23H21N3O2S. The number of rotatable bonds is 5. The Bertz CT molecular complexity index is 1320. The molecule has 0 spiro atoms. The number of carbonyl (C=O) groups excluding carboxylic acids is 1. The third-order valence-electron chi connectivity index (χ3n) is 5.48. The average Bonchev–Trinajstić information content (AvgIpc) is 3.49. The molecule has 0 unspecified atom stereocenters. The molecule has 1 atom stereocenters. The summed E-state index contributed by atoms with van der Waals surface area (Å²) in [6.07, 6.45) is 1.97. The summed E-state index contributed by atoms with van der Waals surface area (Å²) in [7, 11) is 0. The fourth-order valence-corrected chi connectivity index (χ4v) is 4.91. The minimum atomic E-state index is -0.356. The van der Waals surface area contributed by atoms with Gasteiger partial charge in [-0.05, 0) is 44.9 Å². The van der Waals surface area contributed by atoms with Gasteiger partial charge in [0.25, 0.3) is 5.56 Å². The van der Waals surface area contributed by atoms with Gasteiger partial charge in [-0.1, -0.05) is 42.1 Å². The molecule has 1 aliphatic rings. The van der Waals surface area contributed by atoms with E-state index in [9.17, 15) is 9.59 Å². The molecule has 2 aromatic heterocycles. The number of para-hydroxylation sites is 2. The lowest BCUT2D eigenvalue weighted by molar-refractivity contribution is 0.0995. The van der Waals surface area contributed by atoms with E-state index in [1.807, 2.05) is 62.4 Å². The molecule has 0 amide bonds. The van der Waals surface area contributed by atoms with E-state index in [4.69, 9.17) is 4.98 Å². The van der Waals surface area contributed by atoms with Gasteiger partial charge >= 0.3 is 0 Å². The van der Waals surface area contributed by atoms with Gasteiger partial charge in [0.15, 0.2) is 10.9 Å². The Morgan fingerprint density at radius 3 is 2.59 bits per heavy atom. The van der Waals surface area contributed by atoms with Gasteiger partial charge in [-0.25, -0.2) is 4.98 Å². The van der Waals surface area contributed by atoms with Crippen molar-refractivity contribution in [1.82, 2.24) is 14.5 Å². The summed E-state index contributed by atoms with van der Waals surface area (Å²) in [5.74, 6) is 0.0507. The number of aromatic amines is 1. The van der Waals surface area contributed by atoms with Crippen LogP contribution in [0.4, 0.5) is 0 Å². The minimum absolute atomic E-state index is 0.0106. The van der Waals surface area contributed by atoms with Crippen molar-refractivity contribution in [1.29, 1.82) is 0 Å². The molecule has 2 aromatic carbocycles. The highest BCUT2D eigenvalue weighted by atomic mass is 32.2. The van der Waals surface area contributed by atoms with Crippen LogP contribution < -0.4 is 5.56 Å². The number of benzene rings is 2. The number of nitrogens with one attached hydrogen (secondary N) is 1. The highest BCUT2D eigenvalue weighted by Crippen LogP contribution is 2.38. The van der Waals surface area contributed by atoms with E-state index in [0.717, 1.165) is 35.0 Å². The maximum Gasteiger partial charge on any atom is 0.262 e. The van der Waals surface area contributed by atoms with Gasteiger partial charge in [-0.2, -0.15) is 0 Å². The van der Waals surface area contributed by atoms with Crippen LogP contribution in [0, 0.1) is 6.92 Å². The molecule has 5 rings (SSSR count). The molecule has 1 fully saturated rings. The first-order chi connectivity index (χ1) is 14.0. The molecule has 29 heavy (non-hydrogen) atoms. The summed E-state index contributed by atoms with van der Waals surface area (Å²) in [5, 5.41) is 1.85. The van der Waals surface area contributed by atoms with E-state index in [1.165, 1.54) is 11.8 Å². The number of thioether (sulfide) groups is 1. The van der Waals surface area contributed by atoms with Gasteiger partial charge in [0, 0.05) is 28.2 Å². The summed E-state index contributed by atoms with van der Waals surface area (Å²) in [6, 6.07) is 15.5. The lowest BCUT2D eigenvalue weighted by Crippen LogP contribution is -2.24. The normalized spacial score (nSPS) is 15.1. The maximum atomic E-state index is 13.3. The van der Waals surface area contributed by atoms with E-state index in [2.05, 4.69) is 4.98 Å². The van der Waals surface area contributed by atoms with Crippen LogP contribution in [-0.2, 0) is 0 Å². The highest BCUT2D eigenvalue weighted by Gasteiger charge is 2.30. The van der Waals surface area contributed by atoms with Crippen LogP contribution in [0.1, 0.15) is 41.9 Å². The van der Waals surface area contributed by atoms with Crippen molar-refractivity contribution < 1.29 is 4.79 Å². The van der Waals surface area contributed by atoms with Crippen LogP contribution in [-0.4, -0.2) is 25.6 Å². The molecular weight excluding hydrogens is 382 g/mol. The molecule has 0 aliphatic heterocycles. The maximum absolute atomic E-state index is 13.3. The fourth-order valence-electron chi connectivity index (χ4n) is 3.87. The number of ketones is 1. The number of fused-ring (bicyclic) bond motifs is 2. The lowest BCUT2D eigenvalue weighted by Gasteiger charge is -2.15. The average molecular weight is 404 g/mol. The van der Waals surface area contributed by atoms with Crippen molar-refractivity contribution >= 4 is 39.4 Å². The molecule has 4 aromatic rings. The monoisotopic (exact) mass is 403 g/mol. The SMILES string of the molecule is Cc1[nH]c2ccccc2c1C(=O)[C@H](C)Sc1nc2ccccc2c(=O)n1C1CC1. The molecule has 6 heteroatoms. The molecule has 5 nitrogen and oxygen atoms in total. The van der Waals surface area contributed by atoms with E-state index in [1.54, 1.807) is 4.57 Å². The van der Waals surface area contributed by atoms with Gasteiger partial charge in [-0.3, -0.25) is 14.2 Å². The molecule has 0 radical (unpaired) electrons. The Labute approximate surface area is 172 Å². The quantitative estimate of drug-likeness (QED) is 0.293. The van der Waals surface area contributed by atoms with E-state index >= 15 is 0 Å². The molecule has 2 heterocycles. The van der Waals surface area contributed by atoms with Crippen LogP contribution in [0.3, 0.4) is 0 Å². The summed E-state index contributed by atoms with van der Waals surface area (Å²) in [4.78, 5) is 34.4. The van der Waals surface area contributed by atoms with Crippen LogP contribution in [0.25, 0.3) is 21.8 Å². The van der Waals surface area contributed by atoms with E-state index < -0.39 is 0 Å². The first-order valence-corrected chi connectivity index (χ1v) is 10.7. The zero-order valence-corrected chi connectivity index (χ0v) is 17.1. The largest absolute Gasteiger partial charge is 0.358 e. The highest BCUT2D eigenvalue weighted by molar-refractivity contribution is 8.00. The number of Topliss-reactive ketones (excluding diaryl/α,β-unsaturated/α-hetero) is 1. The van der Waals surface area contributed by atoms with Gasteiger partial charge in [0.1, 0.15) is 0 Å². The number of H-pyrrole nitrogens is 1. The summed E-state index contributed by atoms with van der Waals surface area (Å²) in [5.41, 5.74) is 3.23. The Morgan fingerprint density at radius 1 is 1.14 bits per heavy atom.